The summed E-state index contributed by atoms with van der Waals surface area (Å²) in [5, 5.41) is 6.84. The second-order valence-corrected chi connectivity index (χ2v) is 17.7. The van der Waals surface area contributed by atoms with E-state index in [-0.39, 0.29) is 11.9 Å². The highest BCUT2D eigenvalue weighted by molar-refractivity contribution is 7.95. The molecule has 50 heavy (non-hydrogen) atoms. The third kappa shape index (κ3) is 8.35. The second kappa shape index (κ2) is 18.0. The lowest BCUT2D eigenvalue weighted by Crippen LogP contribution is -2.29. The Morgan fingerprint density at radius 2 is 0.560 bits per heavy atom. The van der Waals surface area contributed by atoms with Crippen molar-refractivity contribution in [3.8, 4) is 0 Å². The van der Waals surface area contributed by atoms with E-state index in [0.29, 0.717) is 13.2 Å². The van der Waals surface area contributed by atoms with Crippen LogP contribution < -0.4 is 31.8 Å². The van der Waals surface area contributed by atoms with Crippen LogP contribution in [0, 0.1) is 0 Å². The van der Waals surface area contributed by atoms with Gasteiger partial charge in [0.05, 0.1) is 13.2 Å². The Kier molecular flexibility index (Phi) is 13.0. The molecule has 6 aromatic carbocycles. The predicted molar refractivity (Wildman–Crippen MR) is 216 cm³/mol. The van der Waals surface area contributed by atoms with Gasteiger partial charge in [0.2, 0.25) is 0 Å². The molecule has 0 aliphatic rings. The van der Waals surface area contributed by atoms with E-state index in [2.05, 4.69) is 72.8 Å². The van der Waals surface area contributed by atoms with Crippen LogP contribution in [0.3, 0.4) is 0 Å². The van der Waals surface area contributed by atoms with Gasteiger partial charge < -0.3 is 9.47 Å². The van der Waals surface area contributed by atoms with Crippen LogP contribution in [-0.2, 0) is 19.1 Å². The van der Waals surface area contributed by atoms with Crippen LogP contribution in [0.5, 0.6) is 0 Å². The molecule has 0 aromatic heterocycles. The number of hydrogen-bond donors (Lipinski definition) is 0. The molecule has 0 radical (unpaired) electrons. The summed E-state index contributed by atoms with van der Waals surface area (Å²) in [5.74, 6) is 3.06. The minimum absolute atomic E-state index is 0.271. The summed E-state index contributed by atoms with van der Waals surface area (Å²) in [4.78, 5) is 25.1. The van der Waals surface area contributed by atoms with Crippen LogP contribution in [0.25, 0.3) is 0 Å². The maximum atomic E-state index is 12.5. The van der Waals surface area contributed by atoms with Crippen LogP contribution >= 0.6 is 13.8 Å². The zero-order valence-electron chi connectivity index (χ0n) is 28.4. The molecule has 0 saturated carbocycles. The standard InChI is InChI=1S/2C22H21O2P/c2*1-2-24-22(23)18-25(19-12-6-3-7-13-19,20-14-8-4-9-15-20)21-16-10-5-11-17-21/h2*3-18H,2H2,1H3. The van der Waals surface area contributed by atoms with Gasteiger partial charge in [-0.15, -0.1) is 0 Å². The van der Waals surface area contributed by atoms with E-state index in [0.717, 1.165) is 31.8 Å². The van der Waals surface area contributed by atoms with Crippen molar-refractivity contribution < 1.29 is 19.1 Å². The normalized spacial score (nSPS) is 10.9. The molecule has 6 aromatic rings. The van der Waals surface area contributed by atoms with Crippen molar-refractivity contribution in [1.82, 2.24) is 0 Å². The monoisotopic (exact) mass is 696 g/mol. The van der Waals surface area contributed by atoms with Gasteiger partial charge in [0, 0.05) is 11.6 Å². The molecule has 0 saturated heterocycles. The first kappa shape index (κ1) is 36.1. The lowest BCUT2D eigenvalue weighted by Gasteiger charge is -2.28. The fourth-order valence-electron chi connectivity index (χ4n) is 6.00. The molecule has 0 spiro atoms. The van der Waals surface area contributed by atoms with Crippen molar-refractivity contribution in [2.75, 3.05) is 13.2 Å². The number of esters is 2. The Balaban J connectivity index is 0.000000194. The van der Waals surface area contributed by atoms with E-state index >= 15 is 0 Å². The minimum Gasteiger partial charge on any atom is -0.463 e. The van der Waals surface area contributed by atoms with Crippen molar-refractivity contribution in [2.45, 2.75) is 13.8 Å². The van der Waals surface area contributed by atoms with Gasteiger partial charge in [-0.3, -0.25) is 0 Å². The SMILES string of the molecule is CCOC(=O)C=P(c1ccccc1)(c1ccccc1)c1ccccc1.CCOC(=O)C=P(c1ccccc1)(c1ccccc1)c1ccccc1. The second-order valence-electron chi connectivity index (χ2n) is 11.2. The number of carbonyl (C=O) groups is 2. The molecule has 4 nitrogen and oxygen atoms in total. The Morgan fingerprint density at radius 1 is 0.380 bits per heavy atom. The van der Waals surface area contributed by atoms with Crippen LogP contribution in [-0.4, -0.2) is 36.7 Å². The predicted octanol–water partition coefficient (Wildman–Crippen LogP) is 6.69. The number of carbonyl (C=O) groups excluding carboxylic acids is 2. The molecule has 0 N–H and O–H groups in total. The Hall–Kier alpha value is -5.14. The molecule has 6 rings (SSSR count). The largest absolute Gasteiger partial charge is 0.463 e. The number of ether oxygens (including phenoxy) is 2. The van der Waals surface area contributed by atoms with Crippen molar-refractivity contribution in [3.05, 3.63) is 182 Å². The van der Waals surface area contributed by atoms with Gasteiger partial charge in [-0.25, -0.2) is 9.59 Å². The Morgan fingerprint density at radius 3 is 0.720 bits per heavy atom. The van der Waals surface area contributed by atoms with Gasteiger partial charge in [-0.2, -0.15) is 0 Å². The van der Waals surface area contributed by atoms with Gasteiger partial charge in [-0.1, -0.05) is 182 Å². The van der Waals surface area contributed by atoms with Crippen molar-refractivity contribution in [3.63, 3.8) is 0 Å². The molecule has 252 valence electrons. The quantitative estimate of drug-likeness (QED) is 0.118. The van der Waals surface area contributed by atoms with E-state index in [1.807, 2.05) is 123 Å². The summed E-state index contributed by atoms with van der Waals surface area (Å²) in [6, 6.07) is 61.5. The van der Waals surface area contributed by atoms with Crippen LogP contribution in [0.1, 0.15) is 13.8 Å². The molecule has 0 aliphatic carbocycles. The van der Waals surface area contributed by atoms with E-state index in [4.69, 9.17) is 9.47 Å². The van der Waals surface area contributed by atoms with E-state index < -0.39 is 13.8 Å². The topological polar surface area (TPSA) is 52.6 Å². The molecule has 0 amide bonds. The molecule has 0 bridgehead atoms. The van der Waals surface area contributed by atoms with Crippen LogP contribution in [0.2, 0.25) is 0 Å². The average molecular weight is 697 g/mol. The minimum atomic E-state index is -2.24. The van der Waals surface area contributed by atoms with Crippen LogP contribution in [0.4, 0.5) is 0 Å². The van der Waals surface area contributed by atoms with E-state index in [1.165, 1.54) is 0 Å². The number of benzene rings is 6. The first-order chi connectivity index (χ1) is 24.5. The van der Waals surface area contributed by atoms with Gasteiger partial charge in [0.25, 0.3) is 0 Å². The molecule has 0 heterocycles. The lowest BCUT2D eigenvalue weighted by molar-refractivity contribution is -0.135. The number of hydrogen-bond acceptors (Lipinski definition) is 4. The van der Waals surface area contributed by atoms with Gasteiger partial charge >= 0.3 is 11.9 Å². The Bertz CT molecular complexity index is 1690. The van der Waals surface area contributed by atoms with Gasteiger partial charge in [0.15, 0.2) is 0 Å². The summed E-state index contributed by atoms with van der Waals surface area (Å²) in [7, 11) is 0. The zero-order valence-corrected chi connectivity index (χ0v) is 30.2. The van der Waals surface area contributed by atoms with Gasteiger partial charge in [-0.05, 0) is 59.4 Å². The summed E-state index contributed by atoms with van der Waals surface area (Å²) in [5.41, 5.74) is 0. The van der Waals surface area contributed by atoms with Crippen LogP contribution in [0.15, 0.2) is 182 Å². The summed E-state index contributed by atoms with van der Waals surface area (Å²) >= 11 is 0. The molecular weight excluding hydrogens is 654 g/mol. The van der Waals surface area contributed by atoms with Gasteiger partial charge in [0.1, 0.15) is 0 Å². The van der Waals surface area contributed by atoms with Crippen molar-refractivity contribution in [2.24, 2.45) is 0 Å². The first-order valence-corrected chi connectivity index (χ1v) is 20.4. The third-order valence-corrected chi connectivity index (χ3v) is 16.0. The first-order valence-electron chi connectivity index (χ1n) is 16.7. The summed E-state index contributed by atoms with van der Waals surface area (Å²) in [6.07, 6.45) is 0. The number of rotatable bonds is 10. The smallest absolute Gasteiger partial charge is 0.331 e. The third-order valence-electron chi connectivity index (χ3n) is 8.15. The molecule has 0 aliphatic heterocycles. The highest BCUT2D eigenvalue weighted by atomic mass is 31.2. The highest BCUT2D eigenvalue weighted by Gasteiger charge is 2.28. The molecule has 6 heteroatoms. The van der Waals surface area contributed by atoms with E-state index in [9.17, 15) is 9.59 Å². The fourth-order valence-corrected chi connectivity index (χ4v) is 13.3. The maximum absolute atomic E-state index is 12.5. The Labute approximate surface area is 296 Å². The molecule has 0 fully saturated rings. The zero-order chi connectivity index (χ0) is 35.1. The molecule has 0 atom stereocenters. The fraction of sp³-hybridized carbons (Fsp3) is 0.0909. The summed E-state index contributed by atoms with van der Waals surface area (Å²) in [6.45, 7) is -0.0742. The summed E-state index contributed by atoms with van der Waals surface area (Å²) < 4.78 is 10.6. The maximum Gasteiger partial charge on any atom is 0.331 e. The van der Waals surface area contributed by atoms with E-state index in [1.54, 1.807) is 11.6 Å². The van der Waals surface area contributed by atoms with Crippen molar-refractivity contribution >= 4 is 69.1 Å². The average Bonchev–Trinajstić information content (AvgIpc) is 3.18. The highest BCUT2D eigenvalue weighted by Crippen LogP contribution is 2.44. The van der Waals surface area contributed by atoms with Crippen molar-refractivity contribution in [1.29, 1.82) is 0 Å². The molecule has 0 unspecified atom stereocenters. The molecular formula is C44H42O4P2. The lowest BCUT2D eigenvalue weighted by atomic mass is 10.4.